The third-order valence-electron chi connectivity index (χ3n) is 5.47. The number of thiophene rings is 1. The fourth-order valence-electron chi connectivity index (χ4n) is 3.63. The summed E-state index contributed by atoms with van der Waals surface area (Å²) in [5.74, 6) is 2.11. The number of thioether (sulfide) groups is 1. The minimum Gasteiger partial charge on any atom is -0.469 e. The van der Waals surface area contributed by atoms with Crippen molar-refractivity contribution in [3.8, 4) is 17.1 Å². The van der Waals surface area contributed by atoms with E-state index in [9.17, 15) is 4.79 Å². The number of aromatic nitrogens is 5. The van der Waals surface area contributed by atoms with Crippen LogP contribution in [0.3, 0.4) is 0 Å². The van der Waals surface area contributed by atoms with Crippen LogP contribution in [0.4, 0.5) is 0 Å². The van der Waals surface area contributed by atoms with Gasteiger partial charge in [-0.2, -0.15) is 0 Å². The third kappa shape index (κ3) is 3.47. The van der Waals surface area contributed by atoms with E-state index >= 15 is 0 Å². The number of aryl methyl sites for hydroxylation is 3. The maximum atomic E-state index is 12.7. The number of H-pyrrole nitrogens is 1. The fourth-order valence-corrected chi connectivity index (χ4v) is 5.59. The summed E-state index contributed by atoms with van der Waals surface area (Å²) in [6, 6.07) is 11.9. The van der Waals surface area contributed by atoms with Crippen molar-refractivity contribution in [2.45, 2.75) is 38.1 Å². The van der Waals surface area contributed by atoms with Crippen LogP contribution in [0.25, 0.3) is 27.3 Å². The van der Waals surface area contributed by atoms with Gasteiger partial charge in [0.15, 0.2) is 11.0 Å². The summed E-state index contributed by atoms with van der Waals surface area (Å²) in [6.07, 6.45) is 1.65. The zero-order valence-corrected chi connectivity index (χ0v) is 19.7. The number of furan rings is 1. The Morgan fingerprint density at radius 2 is 1.91 bits per heavy atom. The SMILES string of the molecule is Cc1occc1-c1nnc(SC(C)c2nc3sc(C)c(C)c3c(=O)[nH]2)n1-c1ccccc1. The highest BCUT2D eigenvalue weighted by Crippen LogP contribution is 2.37. The molecule has 7 nitrogen and oxygen atoms in total. The van der Waals surface area contributed by atoms with E-state index in [1.807, 2.05) is 68.7 Å². The van der Waals surface area contributed by atoms with E-state index in [2.05, 4.69) is 15.2 Å². The summed E-state index contributed by atoms with van der Waals surface area (Å²) in [5.41, 5.74) is 2.73. The number of hydrogen-bond donors (Lipinski definition) is 1. The number of fused-ring (bicyclic) bond motifs is 1. The van der Waals surface area contributed by atoms with Gasteiger partial charge in [0, 0.05) is 10.6 Å². The van der Waals surface area contributed by atoms with Gasteiger partial charge in [-0.25, -0.2) is 4.98 Å². The van der Waals surface area contributed by atoms with Crippen molar-refractivity contribution < 1.29 is 4.42 Å². The van der Waals surface area contributed by atoms with Gasteiger partial charge in [-0.3, -0.25) is 9.36 Å². The number of nitrogens with zero attached hydrogens (tertiary/aromatic N) is 4. The van der Waals surface area contributed by atoms with Gasteiger partial charge in [-0.05, 0) is 51.5 Å². The molecule has 4 aromatic heterocycles. The molecule has 0 aliphatic heterocycles. The van der Waals surface area contributed by atoms with E-state index in [0.29, 0.717) is 22.2 Å². The number of rotatable bonds is 5. The number of benzene rings is 1. The van der Waals surface area contributed by atoms with Crippen LogP contribution in [0.15, 0.2) is 57.0 Å². The molecule has 1 N–H and O–H groups in total. The fraction of sp³-hybridized carbons (Fsp3) is 0.217. The molecule has 0 saturated carbocycles. The van der Waals surface area contributed by atoms with Gasteiger partial charge in [0.2, 0.25) is 0 Å². The predicted octanol–water partition coefficient (Wildman–Crippen LogP) is 5.60. The summed E-state index contributed by atoms with van der Waals surface area (Å²) < 4.78 is 7.51. The molecular formula is C23H21N5O2S2. The molecule has 0 amide bonds. The molecule has 0 bridgehead atoms. The number of nitrogens with one attached hydrogen (secondary N) is 1. The molecule has 5 rings (SSSR count). The van der Waals surface area contributed by atoms with Crippen molar-refractivity contribution in [2.24, 2.45) is 0 Å². The van der Waals surface area contributed by atoms with Crippen LogP contribution in [0, 0.1) is 20.8 Å². The van der Waals surface area contributed by atoms with Crippen LogP contribution in [-0.2, 0) is 0 Å². The smallest absolute Gasteiger partial charge is 0.259 e. The van der Waals surface area contributed by atoms with Gasteiger partial charge in [-0.15, -0.1) is 21.5 Å². The average molecular weight is 464 g/mol. The van der Waals surface area contributed by atoms with Crippen molar-refractivity contribution in [3.63, 3.8) is 0 Å². The van der Waals surface area contributed by atoms with E-state index in [-0.39, 0.29) is 10.8 Å². The summed E-state index contributed by atoms with van der Waals surface area (Å²) >= 11 is 3.05. The molecule has 4 heterocycles. The maximum Gasteiger partial charge on any atom is 0.259 e. The third-order valence-corrected chi connectivity index (χ3v) is 7.63. The molecule has 162 valence electrons. The average Bonchev–Trinajstić information content (AvgIpc) is 3.46. The maximum absolute atomic E-state index is 12.7. The Bertz CT molecular complexity index is 1480. The Balaban J connectivity index is 1.57. The molecule has 0 saturated heterocycles. The molecular weight excluding hydrogens is 442 g/mol. The first-order valence-corrected chi connectivity index (χ1v) is 11.9. The lowest BCUT2D eigenvalue weighted by Crippen LogP contribution is -2.12. The van der Waals surface area contributed by atoms with Crippen LogP contribution in [0.5, 0.6) is 0 Å². The van der Waals surface area contributed by atoms with Gasteiger partial charge in [0.25, 0.3) is 5.56 Å². The second-order valence-corrected chi connectivity index (χ2v) is 10.1. The first-order chi connectivity index (χ1) is 15.4. The second kappa shape index (κ2) is 8.07. The van der Waals surface area contributed by atoms with E-state index in [4.69, 9.17) is 9.40 Å². The van der Waals surface area contributed by atoms with Crippen LogP contribution in [0.2, 0.25) is 0 Å². The molecule has 5 aromatic rings. The normalized spacial score (nSPS) is 12.5. The lowest BCUT2D eigenvalue weighted by Gasteiger charge is -2.13. The van der Waals surface area contributed by atoms with E-state index in [0.717, 1.165) is 32.3 Å². The summed E-state index contributed by atoms with van der Waals surface area (Å²) in [5, 5.41) is 10.2. The van der Waals surface area contributed by atoms with Crippen molar-refractivity contribution in [1.29, 1.82) is 0 Å². The lowest BCUT2D eigenvalue weighted by molar-refractivity contribution is 0.535. The van der Waals surface area contributed by atoms with Crippen LogP contribution < -0.4 is 5.56 Å². The quantitative estimate of drug-likeness (QED) is 0.341. The Labute approximate surface area is 192 Å². The molecule has 1 aromatic carbocycles. The van der Waals surface area contributed by atoms with Crippen LogP contribution in [0.1, 0.15) is 34.2 Å². The van der Waals surface area contributed by atoms with E-state index in [1.165, 1.54) is 11.8 Å². The predicted molar refractivity (Wildman–Crippen MR) is 128 cm³/mol. The molecule has 1 unspecified atom stereocenters. The molecule has 0 spiro atoms. The zero-order valence-electron chi connectivity index (χ0n) is 18.0. The number of para-hydroxylation sites is 1. The van der Waals surface area contributed by atoms with Gasteiger partial charge in [0.1, 0.15) is 16.4 Å². The number of aromatic amines is 1. The lowest BCUT2D eigenvalue weighted by atomic mass is 10.2. The highest BCUT2D eigenvalue weighted by Gasteiger charge is 2.23. The van der Waals surface area contributed by atoms with Gasteiger partial charge in [0.05, 0.1) is 22.5 Å². The van der Waals surface area contributed by atoms with Crippen LogP contribution in [-0.4, -0.2) is 24.7 Å². The van der Waals surface area contributed by atoms with E-state index < -0.39 is 0 Å². The summed E-state index contributed by atoms with van der Waals surface area (Å²) in [6.45, 7) is 7.89. The molecule has 0 aliphatic rings. The zero-order chi connectivity index (χ0) is 22.4. The minimum atomic E-state index is -0.139. The molecule has 0 aliphatic carbocycles. The van der Waals surface area contributed by atoms with Gasteiger partial charge < -0.3 is 9.40 Å². The van der Waals surface area contributed by atoms with Crippen LogP contribution >= 0.6 is 23.1 Å². The molecule has 0 fully saturated rings. The Morgan fingerprint density at radius 1 is 1.12 bits per heavy atom. The number of hydrogen-bond acceptors (Lipinski definition) is 7. The highest BCUT2D eigenvalue weighted by atomic mass is 32.2. The molecule has 1 atom stereocenters. The monoisotopic (exact) mass is 463 g/mol. The largest absolute Gasteiger partial charge is 0.469 e. The Morgan fingerprint density at radius 3 is 2.62 bits per heavy atom. The second-order valence-electron chi connectivity index (χ2n) is 7.54. The van der Waals surface area contributed by atoms with Crippen molar-refractivity contribution in [1.82, 2.24) is 24.7 Å². The molecule has 32 heavy (non-hydrogen) atoms. The topological polar surface area (TPSA) is 89.6 Å². The van der Waals surface area contributed by atoms with Crippen molar-refractivity contribution in [2.75, 3.05) is 0 Å². The van der Waals surface area contributed by atoms with E-state index in [1.54, 1.807) is 17.6 Å². The van der Waals surface area contributed by atoms with Gasteiger partial charge >= 0.3 is 0 Å². The first-order valence-electron chi connectivity index (χ1n) is 10.2. The van der Waals surface area contributed by atoms with Crippen molar-refractivity contribution in [3.05, 3.63) is 75.0 Å². The summed E-state index contributed by atoms with van der Waals surface area (Å²) in [7, 11) is 0. The highest BCUT2D eigenvalue weighted by molar-refractivity contribution is 7.99. The van der Waals surface area contributed by atoms with Crippen molar-refractivity contribution >= 4 is 33.3 Å². The molecule has 0 radical (unpaired) electrons. The Kier molecular flexibility index (Phi) is 5.22. The minimum absolute atomic E-state index is 0.0986. The van der Waals surface area contributed by atoms with Gasteiger partial charge in [-0.1, -0.05) is 30.0 Å². The first kappa shape index (κ1) is 20.7. The standard InChI is InChI=1S/C23H21N5O2S2/c1-12-14(3)31-22-18(12)21(29)24-19(25-22)15(4)32-23-27-26-20(17-10-11-30-13(17)2)28(23)16-8-6-5-7-9-16/h5-11,15H,1-4H3,(H,24,25,29). The Hall–Kier alpha value is -3.17. The summed E-state index contributed by atoms with van der Waals surface area (Å²) in [4.78, 5) is 22.3. The molecule has 9 heteroatoms.